The molecule has 0 aliphatic rings. The molecule has 0 aromatic heterocycles. The van der Waals surface area contributed by atoms with Gasteiger partial charge in [0.2, 0.25) is 0 Å². The Labute approximate surface area is 133 Å². The molecule has 6 nitrogen and oxygen atoms in total. The first-order valence-corrected chi connectivity index (χ1v) is 7.24. The molecule has 0 spiro atoms. The van der Waals surface area contributed by atoms with Gasteiger partial charge in [0.1, 0.15) is 0 Å². The van der Waals surface area contributed by atoms with Crippen LogP contribution in [0.1, 0.15) is 20.3 Å². The van der Waals surface area contributed by atoms with E-state index in [2.05, 4.69) is 0 Å². The lowest BCUT2D eigenvalue weighted by Gasteiger charge is -2.17. The minimum atomic E-state index is -0.569. The fourth-order valence-corrected chi connectivity index (χ4v) is 1.94. The van der Waals surface area contributed by atoms with E-state index < -0.39 is 11.2 Å². The van der Waals surface area contributed by atoms with Crippen LogP contribution in [0.15, 0.2) is 12.1 Å². The van der Waals surface area contributed by atoms with E-state index in [9.17, 15) is 10.1 Å². The van der Waals surface area contributed by atoms with Gasteiger partial charge < -0.3 is 14.2 Å². The van der Waals surface area contributed by atoms with E-state index in [1.165, 1.54) is 12.1 Å². The van der Waals surface area contributed by atoms with Crippen molar-refractivity contribution in [3.63, 3.8) is 0 Å². The minimum absolute atomic E-state index is 0.0705. The van der Waals surface area contributed by atoms with E-state index in [4.69, 9.17) is 37.4 Å². The molecule has 0 aliphatic heterocycles. The Morgan fingerprint density at radius 3 is 2.29 bits per heavy atom. The second-order valence-electron chi connectivity index (χ2n) is 3.97. The molecule has 0 aliphatic carbocycles. The summed E-state index contributed by atoms with van der Waals surface area (Å²) in [5.41, 5.74) is -0.228. The van der Waals surface area contributed by atoms with Crippen molar-refractivity contribution < 1.29 is 19.1 Å². The van der Waals surface area contributed by atoms with Crippen molar-refractivity contribution >= 4 is 28.9 Å². The predicted octanol–water partition coefficient (Wildman–Crippen LogP) is 4.07. The van der Waals surface area contributed by atoms with Gasteiger partial charge in [-0.05, 0) is 13.8 Å². The van der Waals surface area contributed by atoms with Gasteiger partial charge in [0, 0.05) is 31.8 Å². The maximum absolute atomic E-state index is 11.0. The molecule has 0 N–H and O–H groups in total. The summed E-state index contributed by atoms with van der Waals surface area (Å²) in [7, 11) is 0. The van der Waals surface area contributed by atoms with Crippen molar-refractivity contribution in [1.82, 2.24) is 0 Å². The lowest BCUT2D eigenvalue weighted by molar-refractivity contribution is -0.385. The Bertz CT molecular complexity index is 478. The quantitative estimate of drug-likeness (QED) is 0.386. The molecule has 0 atom stereocenters. The van der Waals surface area contributed by atoms with E-state index in [1.807, 2.05) is 13.8 Å². The number of halogens is 2. The first-order chi connectivity index (χ1) is 9.99. The highest BCUT2D eigenvalue weighted by Gasteiger charge is 2.19. The number of nitrogens with zero attached hydrogens (tertiary/aromatic N) is 1. The topological polar surface area (TPSA) is 70.8 Å². The minimum Gasteiger partial charge on any atom is -0.487 e. The fourth-order valence-electron chi connectivity index (χ4n) is 1.63. The summed E-state index contributed by atoms with van der Waals surface area (Å²) in [6.45, 7) is 4.94. The van der Waals surface area contributed by atoms with E-state index in [0.717, 1.165) is 0 Å². The third-order valence-electron chi connectivity index (χ3n) is 2.51. The van der Waals surface area contributed by atoms with Gasteiger partial charge in [-0.2, -0.15) is 0 Å². The molecular weight excluding hydrogens is 321 g/mol. The highest BCUT2D eigenvalue weighted by atomic mass is 35.5. The third kappa shape index (κ3) is 5.67. The Morgan fingerprint density at radius 2 is 1.76 bits per heavy atom. The predicted molar refractivity (Wildman–Crippen MR) is 80.3 cm³/mol. The summed E-state index contributed by atoms with van der Waals surface area (Å²) >= 11 is 11.6. The van der Waals surface area contributed by atoms with Crippen molar-refractivity contribution in [1.29, 1.82) is 0 Å². The van der Waals surface area contributed by atoms with Gasteiger partial charge in [-0.1, -0.05) is 23.2 Å². The number of rotatable bonds is 9. The molecule has 0 bridgehead atoms. The van der Waals surface area contributed by atoms with Gasteiger partial charge in [-0.3, -0.25) is 10.1 Å². The Kier molecular flexibility index (Phi) is 7.74. The van der Waals surface area contributed by atoms with Crippen molar-refractivity contribution in [2.24, 2.45) is 0 Å². The Balaban J connectivity index is 2.70. The van der Waals surface area contributed by atoms with Crippen LogP contribution < -0.4 is 4.74 Å². The lowest BCUT2D eigenvalue weighted by Crippen LogP contribution is -2.20. The average Bonchev–Trinajstić information content (AvgIpc) is 2.42. The van der Waals surface area contributed by atoms with Crippen LogP contribution >= 0.6 is 23.2 Å². The molecule has 0 saturated heterocycles. The van der Waals surface area contributed by atoms with Crippen molar-refractivity contribution in [3.8, 4) is 5.75 Å². The van der Waals surface area contributed by atoms with Gasteiger partial charge >= 0.3 is 5.69 Å². The number of nitro benzene ring substituents is 1. The summed E-state index contributed by atoms with van der Waals surface area (Å²) in [4.78, 5) is 10.4. The summed E-state index contributed by atoms with van der Waals surface area (Å²) in [6, 6.07) is 2.50. The van der Waals surface area contributed by atoms with Crippen LogP contribution in [0.5, 0.6) is 5.75 Å². The molecule has 0 saturated carbocycles. The van der Waals surface area contributed by atoms with Gasteiger partial charge in [-0.25, -0.2) is 0 Å². The molecule has 0 amide bonds. The largest absolute Gasteiger partial charge is 0.487 e. The summed E-state index contributed by atoms with van der Waals surface area (Å²) in [5, 5.41) is 11.3. The van der Waals surface area contributed by atoms with Crippen molar-refractivity contribution in [3.05, 3.63) is 32.3 Å². The Morgan fingerprint density at radius 1 is 1.19 bits per heavy atom. The lowest BCUT2D eigenvalue weighted by atomic mass is 10.3. The number of hydrogen-bond acceptors (Lipinski definition) is 5. The molecule has 21 heavy (non-hydrogen) atoms. The zero-order valence-corrected chi connectivity index (χ0v) is 13.3. The second kappa shape index (κ2) is 9.04. The molecule has 1 aromatic rings. The average molecular weight is 338 g/mol. The second-order valence-corrected chi connectivity index (χ2v) is 4.78. The van der Waals surface area contributed by atoms with Crippen LogP contribution in [0, 0.1) is 10.1 Å². The van der Waals surface area contributed by atoms with Crippen LogP contribution in [0.25, 0.3) is 0 Å². The van der Waals surface area contributed by atoms with E-state index in [1.54, 1.807) is 0 Å². The highest BCUT2D eigenvalue weighted by molar-refractivity contribution is 6.42. The Hall–Kier alpha value is -1.08. The monoisotopic (exact) mass is 337 g/mol. The molecule has 0 radical (unpaired) electrons. The summed E-state index contributed by atoms with van der Waals surface area (Å²) in [5.74, 6) is 0.0705. The zero-order valence-electron chi connectivity index (χ0n) is 11.8. The van der Waals surface area contributed by atoms with Crippen LogP contribution in [0.3, 0.4) is 0 Å². The van der Waals surface area contributed by atoms with Gasteiger partial charge in [-0.15, -0.1) is 0 Å². The fraction of sp³-hybridized carbons (Fsp3) is 0.538. The van der Waals surface area contributed by atoms with Gasteiger partial charge in [0.25, 0.3) is 0 Å². The van der Waals surface area contributed by atoms with Crippen LogP contribution in [0.2, 0.25) is 10.0 Å². The van der Waals surface area contributed by atoms with Crippen molar-refractivity contribution in [2.75, 3.05) is 19.8 Å². The molecule has 8 heteroatoms. The number of benzene rings is 1. The van der Waals surface area contributed by atoms with Gasteiger partial charge in [0.15, 0.2) is 12.0 Å². The van der Waals surface area contributed by atoms with Crippen LogP contribution in [0.4, 0.5) is 5.69 Å². The normalized spacial score (nSPS) is 10.9. The standard InChI is InChI=1S/C13H17Cl2NO5/c1-3-19-13(20-4-2)5-6-21-12-8-10(15)9(14)7-11(12)16(17)18/h7-8,13H,3-6H2,1-2H3. The first kappa shape index (κ1) is 18.0. The number of ether oxygens (including phenoxy) is 3. The van der Waals surface area contributed by atoms with E-state index in [0.29, 0.717) is 19.6 Å². The number of nitro groups is 1. The molecule has 0 heterocycles. The molecule has 0 unspecified atom stereocenters. The number of hydrogen-bond donors (Lipinski definition) is 0. The molecule has 118 valence electrons. The molecule has 1 aromatic carbocycles. The maximum Gasteiger partial charge on any atom is 0.312 e. The summed E-state index contributed by atoms with van der Waals surface area (Å²) < 4.78 is 16.1. The van der Waals surface area contributed by atoms with E-state index in [-0.39, 0.29) is 28.1 Å². The third-order valence-corrected chi connectivity index (χ3v) is 3.24. The summed E-state index contributed by atoms with van der Waals surface area (Å²) in [6.07, 6.45) is 0.0424. The molecule has 0 fully saturated rings. The highest BCUT2D eigenvalue weighted by Crippen LogP contribution is 2.35. The van der Waals surface area contributed by atoms with Crippen LogP contribution in [-0.4, -0.2) is 31.0 Å². The van der Waals surface area contributed by atoms with Crippen molar-refractivity contribution in [2.45, 2.75) is 26.6 Å². The smallest absolute Gasteiger partial charge is 0.312 e. The maximum atomic E-state index is 11.0. The molecular formula is C13H17Cl2NO5. The van der Waals surface area contributed by atoms with E-state index >= 15 is 0 Å². The zero-order chi connectivity index (χ0) is 15.8. The molecule has 1 rings (SSSR count). The SMILES string of the molecule is CCOC(CCOc1cc(Cl)c(Cl)cc1[N+](=O)[O-])OCC. The van der Waals surface area contributed by atoms with Crippen LogP contribution in [-0.2, 0) is 9.47 Å². The van der Waals surface area contributed by atoms with Gasteiger partial charge in [0.05, 0.1) is 21.6 Å². The first-order valence-electron chi connectivity index (χ1n) is 6.49.